The van der Waals surface area contributed by atoms with Crippen LogP contribution in [0.25, 0.3) is 0 Å². The van der Waals surface area contributed by atoms with Crippen LogP contribution in [0, 0.1) is 29.5 Å². The van der Waals surface area contributed by atoms with E-state index in [-0.39, 0.29) is 23.8 Å². The summed E-state index contributed by atoms with van der Waals surface area (Å²) < 4.78 is 25.5. The van der Waals surface area contributed by atoms with Crippen molar-refractivity contribution >= 4 is 12.1 Å². The van der Waals surface area contributed by atoms with E-state index >= 15 is 0 Å². The van der Waals surface area contributed by atoms with Crippen LogP contribution in [0.15, 0.2) is 24.3 Å². The summed E-state index contributed by atoms with van der Waals surface area (Å²) >= 11 is 0. The van der Waals surface area contributed by atoms with E-state index in [9.17, 15) is 14.0 Å². The van der Waals surface area contributed by atoms with Crippen molar-refractivity contribution in [3.8, 4) is 0 Å². The van der Waals surface area contributed by atoms with Crippen molar-refractivity contribution in [2.24, 2.45) is 23.7 Å². The first-order valence-corrected chi connectivity index (χ1v) is 12.9. The minimum Gasteiger partial charge on any atom is -0.461 e. The second-order valence-corrected chi connectivity index (χ2v) is 11.7. The number of halogens is 1. The molecule has 190 valence electrons. The van der Waals surface area contributed by atoms with E-state index in [0.29, 0.717) is 37.1 Å². The summed E-state index contributed by atoms with van der Waals surface area (Å²) in [6, 6.07) is 5.92. The van der Waals surface area contributed by atoms with Crippen LogP contribution in [0.1, 0.15) is 79.2 Å². The zero-order valence-electron chi connectivity index (χ0n) is 21.7. The second kappa shape index (κ2) is 11.1. The Morgan fingerprint density at radius 2 is 1.88 bits per heavy atom. The molecule has 1 heterocycles. The van der Waals surface area contributed by atoms with Crippen LogP contribution >= 0.6 is 0 Å². The van der Waals surface area contributed by atoms with Crippen LogP contribution < -0.4 is 0 Å². The van der Waals surface area contributed by atoms with Crippen molar-refractivity contribution in [3.63, 3.8) is 0 Å². The number of nitrogens with zero attached hydrogens (tertiary/aromatic N) is 1. The fourth-order valence-electron chi connectivity index (χ4n) is 5.46. The summed E-state index contributed by atoms with van der Waals surface area (Å²) in [5.74, 6) is 0.849. The average Bonchev–Trinajstić information content (AvgIpc) is 2.72. The zero-order valence-corrected chi connectivity index (χ0v) is 21.7. The van der Waals surface area contributed by atoms with E-state index in [4.69, 9.17) is 9.47 Å². The fraction of sp³-hybridized carbons (Fsp3) is 0.714. The van der Waals surface area contributed by atoms with Gasteiger partial charge in [0, 0.05) is 6.54 Å². The Hall–Kier alpha value is -2.11. The lowest BCUT2D eigenvalue weighted by atomic mass is 9.75. The number of amides is 1. The molecule has 6 heteroatoms. The fourth-order valence-corrected chi connectivity index (χ4v) is 5.46. The Labute approximate surface area is 204 Å². The summed E-state index contributed by atoms with van der Waals surface area (Å²) in [6.45, 7) is 12.4. The van der Waals surface area contributed by atoms with Crippen LogP contribution in [0.2, 0.25) is 0 Å². The van der Waals surface area contributed by atoms with E-state index in [2.05, 4.69) is 20.8 Å². The molecule has 0 N–H and O–H groups in total. The maximum atomic E-state index is 13.7. The summed E-state index contributed by atoms with van der Waals surface area (Å²) in [7, 11) is 0. The second-order valence-electron chi connectivity index (χ2n) is 11.7. The van der Waals surface area contributed by atoms with Gasteiger partial charge in [-0.1, -0.05) is 39.3 Å². The molecule has 1 amide bonds. The number of rotatable bonds is 5. The van der Waals surface area contributed by atoms with Gasteiger partial charge in [0.25, 0.3) is 0 Å². The van der Waals surface area contributed by atoms with E-state index in [0.717, 1.165) is 31.2 Å². The summed E-state index contributed by atoms with van der Waals surface area (Å²) in [4.78, 5) is 28.1. The number of esters is 1. The van der Waals surface area contributed by atoms with Gasteiger partial charge >= 0.3 is 12.1 Å². The predicted octanol–water partition coefficient (Wildman–Crippen LogP) is 6.39. The highest BCUT2D eigenvalue weighted by Crippen LogP contribution is 2.36. The van der Waals surface area contributed by atoms with Gasteiger partial charge in [0.05, 0.1) is 0 Å². The van der Waals surface area contributed by atoms with E-state index in [1.807, 2.05) is 26.8 Å². The van der Waals surface area contributed by atoms with E-state index in [1.54, 1.807) is 11.0 Å². The van der Waals surface area contributed by atoms with Crippen LogP contribution in [-0.2, 0) is 20.7 Å². The number of ether oxygens (including phenoxy) is 2. The van der Waals surface area contributed by atoms with Crippen molar-refractivity contribution in [2.75, 3.05) is 6.54 Å². The minimum absolute atomic E-state index is 0.109. The Balaban J connectivity index is 1.74. The van der Waals surface area contributed by atoms with E-state index < -0.39 is 17.7 Å². The van der Waals surface area contributed by atoms with Crippen molar-refractivity contribution in [1.29, 1.82) is 0 Å². The van der Waals surface area contributed by atoms with Gasteiger partial charge in [-0.25, -0.2) is 14.0 Å². The van der Waals surface area contributed by atoms with Gasteiger partial charge < -0.3 is 9.47 Å². The highest BCUT2D eigenvalue weighted by atomic mass is 19.1. The highest BCUT2D eigenvalue weighted by molar-refractivity contribution is 5.82. The topological polar surface area (TPSA) is 55.8 Å². The van der Waals surface area contributed by atoms with Gasteiger partial charge in [-0.15, -0.1) is 0 Å². The maximum Gasteiger partial charge on any atom is 0.411 e. The number of likely N-dealkylation sites (tertiary alicyclic amines) is 1. The third-order valence-corrected chi connectivity index (χ3v) is 7.22. The molecule has 5 nitrogen and oxygen atoms in total. The maximum absolute atomic E-state index is 13.7. The van der Waals surface area contributed by atoms with Crippen molar-refractivity contribution in [2.45, 2.75) is 97.8 Å². The number of hydrogen-bond acceptors (Lipinski definition) is 4. The Kier molecular flexibility index (Phi) is 8.64. The smallest absolute Gasteiger partial charge is 0.411 e. The standard InChI is InChI=1S/C28H42FNO4/c1-18(2)23-12-10-19(3)14-25(23)33-26(31)24-13-11-21(15-20-8-7-9-22(29)16-20)17-30(24)27(32)34-28(4,5)6/h7-9,16,18-19,21,23-25H,10-15,17H2,1-6H3/t19?,21?,23-,24?,25?/m0/s1. The molecular formula is C28H42FNO4. The van der Waals surface area contributed by atoms with Gasteiger partial charge in [0.1, 0.15) is 23.6 Å². The zero-order chi connectivity index (χ0) is 25.0. The monoisotopic (exact) mass is 475 g/mol. The lowest BCUT2D eigenvalue weighted by molar-refractivity contribution is -0.164. The SMILES string of the molecule is CC1CC[C@@H](C(C)C)C(OC(=O)C2CCC(Cc3cccc(F)c3)CN2C(=O)OC(C)(C)C)C1. The van der Waals surface area contributed by atoms with Gasteiger partial charge in [0.2, 0.25) is 0 Å². The number of hydrogen-bond donors (Lipinski definition) is 0. The highest BCUT2D eigenvalue weighted by Gasteiger charge is 2.41. The quantitative estimate of drug-likeness (QED) is 0.463. The summed E-state index contributed by atoms with van der Waals surface area (Å²) in [6.07, 6.45) is 4.43. The Morgan fingerprint density at radius 1 is 1.15 bits per heavy atom. The Bertz CT molecular complexity index is 849. The number of piperidine rings is 1. The molecule has 4 unspecified atom stereocenters. The molecule has 0 bridgehead atoms. The van der Waals surface area contributed by atoms with Crippen LogP contribution in [0.5, 0.6) is 0 Å². The predicted molar refractivity (Wildman–Crippen MR) is 131 cm³/mol. The molecule has 1 saturated carbocycles. The third-order valence-electron chi connectivity index (χ3n) is 7.22. The first-order valence-electron chi connectivity index (χ1n) is 12.9. The average molecular weight is 476 g/mol. The van der Waals surface area contributed by atoms with Crippen LogP contribution in [0.4, 0.5) is 9.18 Å². The normalized spacial score (nSPS) is 28.0. The number of benzene rings is 1. The molecule has 1 aliphatic heterocycles. The third kappa shape index (κ3) is 7.19. The molecule has 34 heavy (non-hydrogen) atoms. The summed E-state index contributed by atoms with van der Waals surface area (Å²) in [5.41, 5.74) is 0.230. The first-order chi connectivity index (χ1) is 15.9. The Morgan fingerprint density at radius 3 is 2.53 bits per heavy atom. The molecule has 5 atom stereocenters. The largest absolute Gasteiger partial charge is 0.461 e. The van der Waals surface area contributed by atoms with Crippen molar-refractivity contribution < 1.29 is 23.5 Å². The van der Waals surface area contributed by atoms with Crippen LogP contribution in [-0.4, -0.2) is 41.3 Å². The van der Waals surface area contributed by atoms with Gasteiger partial charge in [-0.05, 0) is 94.2 Å². The lowest BCUT2D eigenvalue weighted by Crippen LogP contribution is -2.53. The number of carbonyl (C=O) groups is 2. The molecule has 3 rings (SSSR count). The summed E-state index contributed by atoms with van der Waals surface area (Å²) in [5, 5.41) is 0. The van der Waals surface area contributed by atoms with Crippen molar-refractivity contribution in [1.82, 2.24) is 4.90 Å². The molecule has 1 saturated heterocycles. The van der Waals surface area contributed by atoms with E-state index in [1.165, 1.54) is 12.1 Å². The molecular weight excluding hydrogens is 433 g/mol. The van der Waals surface area contributed by atoms with Crippen LogP contribution in [0.3, 0.4) is 0 Å². The first kappa shape index (κ1) is 26.5. The number of carbonyl (C=O) groups excluding carboxylic acids is 2. The van der Waals surface area contributed by atoms with Gasteiger partial charge in [0.15, 0.2) is 0 Å². The van der Waals surface area contributed by atoms with Gasteiger partial charge in [-0.2, -0.15) is 0 Å². The molecule has 1 aliphatic carbocycles. The lowest BCUT2D eigenvalue weighted by Gasteiger charge is -2.41. The van der Waals surface area contributed by atoms with Crippen molar-refractivity contribution in [3.05, 3.63) is 35.6 Å². The molecule has 2 aliphatic rings. The molecule has 0 aromatic heterocycles. The molecule has 0 radical (unpaired) electrons. The molecule has 2 fully saturated rings. The molecule has 1 aromatic rings. The minimum atomic E-state index is -0.664. The molecule has 0 spiro atoms. The molecule has 1 aromatic carbocycles. The van der Waals surface area contributed by atoms with Gasteiger partial charge in [-0.3, -0.25) is 4.90 Å².